The van der Waals surface area contributed by atoms with E-state index in [2.05, 4.69) is 23.7 Å². The summed E-state index contributed by atoms with van der Waals surface area (Å²) in [7, 11) is 1.75. The maximum absolute atomic E-state index is 11.7. The average molecular weight is 254 g/mol. The number of hydrogen-bond donors (Lipinski definition) is 1. The smallest absolute Gasteiger partial charge is 0.326 e. The van der Waals surface area contributed by atoms with Gasteiger partial charge in [-0.1, -0.05) is 11.6 Å². The molecule has 1 N–H and O–H groups in total. The summed E-state index contributed by atoms with van der Waals surface area (Å²) in [4.78, 5) is 16.7. The number of nitrogens with zero attached hydrogens (tertiary/aromatic N) is 2. The first-order chi connectivity index (χ1) is 8.10. The van der Waals surface area contributed by atoms with E-state index in [-0.39, 0.29) is 5.69 Å². The van der Waals surface area contributed by atoms with E-state index in [1.165, 1.54) is 0 Å². The van der Waals surface area contributed by atoms with E-state index in [9.17, 15) is 4.79 Å². The third-order valence-electron chi connectivity index (χ3n) is 3.08. The van der Waals surface area contributed by atoms with Crippen LogP contribution in [-0.2, 0) is 7.05 Å². The molecule has 0 aliphatic rings. The molecule has 5 heteroatoms. The average Bonchev–Trinajstić information content (AvgIpc) is 2.62. The summed E-state index contributed by atoms with van der Waals surface area (Å²) in [5.74, 6) is 0. The summed E-state index contributed by atoms with van der Waals surface area (Å²) >= 11 is 6.10. The van der Waals surface area contributed by atoms with Crippen LogP contribution in [0.15, 0.2) is 16.9 Å². The van der Waals surface area contributed by atoms with Crippen LogP contribution in [0.25, 0.3) is 11.0 Å². The van der Waals surface area contributed by atoms with E-state index in [4.69, 9.17) is 11.6 Å². The van der Waals surface area contributed by atoms with Crippen molar-refractivity contribution in [2.45, 2.75) is 13.8 Å². The summed E-state index contributed by atoms with van der Waals surface area (Å²) in [6.07, 6.45) is 0. The van der Waals surface area contributed by atoms with Gasteiger partial charge in [-0.15, -0.1) is 0 Å². The second-order valence-electron chi connectivity index (χ2n) is 3.95. The van der Waals surface area contributed by atoms with Gasteiger partial charge in [0.25, 0.3) is 0 Å². The Kier molecular flexibility index (Phi) is 3.15. The first-order valence-corrected chi connectivity index (χ1v) is 6.10. The van der Waals surface area contributed by atoms with Crippen molar-refractivity contribution in [2.24, 2.45) is 7.05 Å². The van der Waals surface area contributed by atoms with Crippen LogP contribution in [-0.4, -0.2) is 22.6 Å². The highest BCUT2D eigenvalue weighted by Crippen LogP contribution is 2.29. The molecule has 0 saturated carbocycles. The van der Waals surface area contributed by atoms with Crippen molar-refractivity contribution in [3.8, 4) is 0 Å². The SMILES string of the molecule is CCN(CC)c1ccc(Cl)c2[nH]c(=O)n(C)c12. The molecule has 0 atom stereocenters. The first-order valence-electron chi connectivity index (χ1n) is 5.72. The standard InChI is InChI=1S/C12H16ClN3O/c1-4-16(5-2)9-7-6-8(13)10-11(9)15(3)12(17)14-10/h6-7H,4-5H2,1-3H3,(H,14,17). The number of rotatable bonds is 3. The second kappa shape index (κ2) is 4.45. The van der Waals surface area contributed by atoms with Gasteiger partial charge in [0, 0.05) is 20.1 Å². The molecule has 17 heavy (non-hydrogen) atoms. The van der Waals surface area contributed by atoms with Gasteiger partial charge < -0.3 is 9.88 Å². The molecule has 2 aromatic rings. The van der Waals surface area contributed by atoms with Crippen molar-refractivity contribution in [1.82, 2.24) is 9.55 Å². The number of aromatic nitrogens is 2. The Balaban J connectivity index is 2.81. The molecule has 0 aliphatic heterocycles. The molecule has 0 aliphatic carbocycles. The lowest BCUT2D eigenvalue weighted by Crippen LogP contribution is -2.23. The van der Waals surface area contributed by atoms with E-state index in [0.29, 0.717) is 10.5 Å². The van der Waals surface area contributed by atoms with Gasteiger partial charge >= 0.3 is 5.69 Å². The molecule has 0 spiro atoms. The highest BCUT2D eigenvalue weighted by atomic mass is 35.5. The van der Waals surface area contributed by atoms with Crippen LogP contribution >= 0.6 is 11.6 Å². The number of halogens is 1. The third-order valence-corrected chi connectivity index (χ3v) is 3.40. The highest BCUT2D eigenvalue weighted by Gasteiger charge is 2.14. The van der Waals surface area contributed by atoms with Crippen LogP contribution in [0.2, 0.25) is 5.02 Å². The minimum atomic E-state index is -0.137. The molecular weight excluding hydrogens is 238 g/mol. The van der Waals surface area contributed by atoms with E-state index in [1.54, 1.807) is 11.6 Å². The summed E-state index contributed by atoms with van der Waals surface area (Å²) in [6, 6.07) is 3.79. The summed E-state index contributed by atoms with van der Waals surface area (Å²) in [6.45, 7) is 5.97. The minimum Gasteiger partial charge on any atom is -0.370 e. The summed E-state index contributed by atoms with van der Waals surface area (Å²) in [5.41, 5.74) is 2.48. The van der Waals surface area contributed by atoms with Gasteiger partial charge in [0.1, 0.15) is 0 Å². The second-order valence-corrected chi connectivity index (χ2v) is 4.36. The predicted molar refractivity (Wildman–Crippen MR) is 72.1 cm³/mol. The molecule has 0 bridgehead atoms. The zero-order valence-corrected chi connectivity index (χ0v) is 11.0. The number of aromatic amines is 1. The van der Waals surface area contributed by atoms with Crippen molar-refractivity contribution in [1.29, 1.82) is 0 Å². The topological polar surface area (TPSA) is 41.0 Å². The van der Waals surface area contributed by atoms with Crippen LogP contribution < -0.4 is 10.6 Å². The molecule has 1 heterocycles. The molecule has 2 rings (SSSR count). The van der Waals surface area contributed by atoms with E-state index < -0.39 is 0 Å². The number of fused-ring (bicyclic) bond motifs is 1. The Labute approximate surface area is 105 Å². The predicted octanol–water partition coefficient (Wildman–Crippen LogP) is 2.37. The Morgan fingerprint density at radius 3 is 2.59 bits per heavy atom. The molecule has 0 radical (unpaired) electrons. The normalized spacial score (nSPS) is 11.1. The maximum Gasteiger partial charge on any atom is 0.326 e. The van der Waals surface area contributed by atoms with E-state index in [1.807, 2.05) is 12.1 Å². The van der Waals surface area contributed by atoms with Crippen LogP contribution in [0, 0.1) is 0 Å². The van der Waals surface area contributed by atoms with E-state index >= 15 is 0 Å². The zero-order chi connectivity index (χ0) is 12.6. The van der Waals surface area contributed by atoms with E-state index in [0.717, 1.165) is 24.3 Å². The Morgan fingerprint density at radius 2 is 2.00 bits per heavy atom. The lowest BCUT2D eigenvalue weighted by atomic mass is 10.2. The Hall–Kier alpha value is -1.42. The lowest BCUT2D eigenvalue weighted by molar-refractivity contribution is 0.851. The fourth-order valence-electron chi connectivity index (χ4n) is 2.13. The monoisotopic (exact) mass is 253 g/mol. The number of benzene rings is 1. The Bertz CT molecular complexity index is 596. The minimum absolute atomic E-state index is 0.137. The van der Waals surface area contributed by atoms with Crippen LogP contribution in [0.1, 0.15) is 13.8 Å². The van der Waals surface area contributed by atoms with Crippen LogP contribution in [0.3, 0.4) is 0 Å². The maximum atomic E-state index is 11.7. The first kappa shape index (κ1) is 12.0. The number of imidazole rings is 1. The molecule has 0 saturated heterocycles. The van der Waals surface area contributed by atoms with Crippen LogP contribution in [0.5, 0.6) is 0 Å². The van der Waals surface area contributed by atoms with Gasteiger partial charge in [0.2, 0.25) is 0 Å². The third kappa shape index (κ3) is 1.82. The molecule has 0 fully saturated rings. The van der Waals surface area contributed by atoms with Gasteiger partial charge in [0.15, 0.2) is 0 Å². The van der Waals surface area contributed by atoms with Gasteiger partial charge in [-0.3, -0.25) is 4.57 Å². The lowest BCUT2D eigenvalue weighted by Gasteiger charge is -2.22. The van der Waals surface area contributed by atoms with Gasteiger partial charge in [-0.05, 0) is 26.0 Å². The van der Waals surface area contributed by atoms with Crippen molar-refractivity contribution in [3.63, 3.8) is 0 Å². The fourth-order valence-corrected chi connectivity index (χ4v) is 2.33. The summed E-state index contributed by atoms with van der Waals surface area (Å²) < 4.78 is 1.61. The highest BCUT2D eigenvalue weighted by molar-refractivity contribution is 6.35. The molecule has 0 amide bonds. The van der Waals surface area contributed by atoms with Crippen LogP contribution in [0.4, 0.5) is 5.69 Å². The molecule has 4 nitrogen and oxygen atoms in total. The van der Waals surface area contributed by atoms with Crippen molar-refractivity contribution < 1.29 is 0 Å². The van der Waals surface area contributed by atoms with Gasteiger partial charge in [-0.25, -0.2) is 4.79 Å². The fraction of sp³-hybridized carbons (Fsp3) is 0.417. The Morgan fingerprint density at radius 1 is 1.35 bits per heavy atom. The summed E-state index contributed by atoms with van der Waals surface area (Å²) in [5, 5.41) is 0.577. The quantitative estimate of drug-likeness (QED) is 0.912. The number of hydrogen-bond acceptors (Lipinski definition) is 2. The number of H-pyrrole nitrogens is 1. The van der Waals surface area contributed by atoms with Crippen molar-refractivity contribution in [2.75, 3.05) is 18.0 Å². The van der Waals surface area contributed by atoms with Crippen molar-refractivity contribution in [3.05, 3.63) is 27.6 Å². The zero-order valence-electron chi connectivity index (χ0n) is 10.2. The van der Waals surface area contributed by atoms with Gasteiger partial charge in [-0.2, -0.15) is 0 Å². The van der Waals surface area contributed by atoms with Gasteiger partial charge in [0.05, 0.1) is 21.7 Å². The molecule has 1 aromatic carbocycles. The molecule has 1 aromatic heterocycles. The largest absolute Gasteiger partial charge is 0.370 e. The number of aryl methyl sites for hydroxylation is 1. The molecule has 0 unspecified atom stereocenters. The molecular formula is C12H16ClN3O. The number of anilines is 1. The number of nitrogens with one attached hydrogen (secondary N) is 1. The molecule has 92 valence electrons. The van der Waals surface area contributed by atoms with Crippen molar-refractivity contribution >= 4 is 28.3 Å².